The first kappa shape index (κ1) is 8.07. The molecule has 0 radical (unpaired) electrons. The van der Waals surface area contributed by atoms with Gasteiger partial charge in [-0.2, -0.15) is 0 Å². The molecule has 0 aromatic carbocycles. The van der Waals surface area contributed by atoms with Gasteiger partial charge in [-0.3, -0.25) is 0 Å². The molecule has 0 saturated carbocycles. The van der Waals surface area contributed by atoms with Crippen LogP contribution in [0, 0.1) is 0 Å². The van der Waals surface area contributed by atoms with Gasteiger partial charge >= 0.3 is 0 Å². The number of ether oxygens (including phenoxy) is 1. The van der Waals surface area contributed by atoms with Gasteiger partial charge in [-0.25, -0.2) is 4.98 Å². The first-order valence-corrected chi connectivity index (χ1v) is 4.05. The van der Waals surface area contributed by atoms with Gasteiger partial charge in [0.25, 0.3) is 0 Å². The molecule has 0 unspecified atom stereocenters. The van der Waals surface area contributed by atoms with Crippen molar-refractivity contribution in [1.82, 2.24) is 9.38 Å². The summed E-state index contributed by atoms with van der Waals surface area (Å²) in [5, 5.41) is 0. The molecule has 0 bridgehead atoms. The molecule has 0 aliphatic heterocycles. The highest BCUT2D eigenvalue weighted by Gasteiger charge is 2.01. The van der Waals surface area contributed by atoms with Gasteiger partial charge < -0.3 is 14.9 Å². The minimum atomic E-state index is 0.445. The van der Waals surface area contributed by atoms with E-state index in [4.69, 9.17) is 10.5 Å². The third kappa shape index (κ3) is 1.25. The quantitative estimate of drug-likeness (QED) is 0.738. The lowest BCUT2D eigenvalue weighted by molar-refractivity contribution is 0.414. The molecule has 68 valence electrons. The van der Waals surface area contributed by atoms with Crippen LogP contribution in [0.5, 0.6) is 5.75 Å². The third-order valence-corrected chi connectivity index (χ3v) is 2.00. The number of nitrogens with two attached hydrogens (primary N) is 1. The Balaban J connectivity index is 2.61. The first-order chi connectivity index (χ1) is 6.35. The van der Waals surface area contributed by atoms with E-state index in [2.05, 4.69) is 4.98 Å². The smallest absolute Gasteiger partial charge is 0.127 e. The highest BCUT2D eigenvalue weighted by atomic mass is 16.5. The van der Waals surface area contributed by atoms with Crippen LogP contribution in [-0.4, -0.2) is 16.5 Å². The second-order valence-electron chi connectivity index (χ2n) is 2.74. The van der Waals surface area contributed by atoms with Crippen molar-refractivity contribution < 1.29 is 4.74 Å². The Morgan fingerprint density at radius 3 is 3.15 bits per heavy atom. The fraction of sp³-hybridized carbons (Fsp3) is 0.222. The zero-order valence-corrected chi connectivity index (χ0v) is 7.40. The summed E-state index contributed by atoms with van der Waals surface area (Å²) in [6.45, 7) is 0.445. The predicted molar refractivity (Wildman–Crippen MR) is 49.6 cm³/mol. The number of hydrogen-bond donors (Lipinski definition) is 1. The normalized spacial score (nSPS) is 10.6. The molecule has 0 fully saturated rings. The second-order valence-corrected chi connectivity index (χ2v) is 2.74. The van der Waals surface area contributed by atoms with Crippen LogP contribution in [0.1, 0.15) is 5.82 Å². The van der Waals surface area contributed by atoms with Crippen molar-refractivity contribution in [2.75, 3.05) is 7.11 Å². The summed E-state index contributed by atoms with van der Waals surface area (Å²) in [5.74, 6) is 1.69. The summed E-state index contributed by atoms with van der Waals surface area (Å²) in [7, 11) is 1.64. The summed E-state index contributed by atoms with van der Waals surface area (Å²) in [4.78, 5) is 4.17. The van der Waals surface area contributed by atoms with Crippen molar-refractivity contribution in [2.45, 2.75) is 6.54 Å². The number of hydrogen-bond acceptors (Lipinski definition) is 3. The molecule has 0 aliphatic carbocycles. The topological polar surface area (TPSA) is 52.5 Å². The van der Waals surface area contributed by atoms with Gasteiger partial charge in [0.1, 0.15) is 11.6 Å². The first-order valence-electron chi connectivity index (χ1n) is 4.05. The molecule has 0 aliphatic rings. The van der Waals surface area contributed by atoms with Crippen LogP contribution in [0.25, 0.3) is 5.52 Å². The maximum absolute atomic E-state index is 5.52. The third-order valence-electron chi connectivity index (χ3n) is 2.00. The van der Waals surface area contributed by atoms with Crippen molar-refractivity contribution in [1.29, 1.82) is 0 Å². The van der Waals surface area contributed by atoms with E-state index < -0.39 is 0 Å². The SMILES string of the molecule is COc1ccn2c(CN)ncc2c1. The zero-order valence-electron chi connectivity index (χ0n) is 7.40. The lowest BCUT2D eigenvalue weighted by Crippen LogP contribution is -2.02. The molecule has 0 atom stereocenters. The molecule has 2 aromatic rings. The molecule has 2 aromatic heterocycles. The summed E-state index contributed by atoms with van der Waals surface area (Å²) in [6, 6.07) is 3.81. The minimum Gasteiger partial charge on any atom is -0.497 e. The number of imidazole rings is 1. The summed E-state index contributed by atoms with van der Waals surface area (Å²) >= 11 is 0. The maximum Gasteiger partial charge on any atom is 0.127 e. The molecule has 0 amide bonds. The lowest BCUT2D eigenvalue weighted by Gasteiger charge is -2.01. The molecule has 0 spiro atoms. The van der Waals surface area contributed by atoms with Crippen molar-refractivity contribution in [2.24, 2.45) is 5.73 Å². The Labute approximate surface area is 76.0 Å². The molecular weight excluding hydrogens is 166 g/mol. The van der Waals surface area contributed by atoms with Gasteiger partial charge in [-0.15, -0.1) is 0 Å². The van der Waals surface area contributed by atoms with Gasteiger partial charge in [0.2, 0.25) is 0 Å². The van der Waals surface area contributed by atoms with E-state index in [0.29, 0.717) is 6.54 Å². The molecule has 13 heavy (non-hydrogen) atoms. The van der Waals surface area contributed by atoms with Gasteiger partial charge in [-0.05, 0) is 6.07 Å². The van der Waals surface area contributed by atoms with Crippen LogP contribution < -0.4 is 10.5 Å². The monoisotopic (exact) mass is 177 g/mol. The Hall–Kier alpha value is -1.55. The number of methoxy groups -OCH3 is 1. The van der Waals surface area contributed by atoms with Gasteiger partial charge in [0, 0.05) is 12.3 Å². The molecule has 0 saturated heterocycles. The lowest BCUT2D eigenvalue weighted by atomic mass is 10.4. The van der Waals surface area contributed by atoms with E-state index in [1.165, 1.54) is 0 Å². The minimum absolute atomic E-state index is 0.445. The van der Waals surface area contributed by atoms with E-state index in [-0.39, 0.29) is 0 Å². The van der Waals surface area contributed by atoms with E-state index in [1.54, 1.807) is 13.3 Å². The van der Waals surface area contributed by atoms with E-state index >= 15 is 0 Å². The van der Waals surface area contributed by atoms with Crippen LogP contribution in [0.4, 0.5) is 0 Å². The Morgan fingerprint density at radius 2 is 2.46 bits per heavy atom. The average molecular weight is 177 g/mol. The van der Waals surface area contributed by atoms with Gasteiger partial charge in [0.05, 0.1) is 25.4 Å². The Bertz CT molecular complexity index is 422. The van der Waals surface area contributed by atoms with Crippen LogP contribution in [0.15, 0.2) is 24.5 Å². The van der Waals surface area contributed by atoms with Crippen molar-refractivity contribution in [3.8, 4) is 5.75 Å². The predicted octanol–water partition coefficient (Wildman–Crippen LogP) is 0.802. The average Bonchev–Trinajstić information content (AvgIpc) is 2.59. The molecule has 2 N–H and O–H groups in total. The maximum atomic E-state index is 5.52. The van der Waals surface area contributed by atoms with Crippen LogP contribution in [0.2, 0.25) is 0 Å². The highest BCUT2D eigenvalue weighted by Crippen LogP contribution is 2.14. The van der Waals surface area contributed by atoms with Gasteiger partial charge in [-0.1, -0.05) is 0 Å². The van der Waals surface area contributed by atoms with Crippen LogP contribution >= 0.6 is 0 Å². The number of nitrogens with zero attached hydrogens (tertiary/aromatic N) is 2. The van der Waals surface area contributed by atoms with E-state index in [1.807, 2.05) is 22.7 Å². The van der Waals surface area contributed by atoms with E-state index in [0.717, 1.165) is 17.1 Å². The van der Waals surface area contributed by atoms with Crippen LogP contribution in [0.3, 0.4) is 0 Å². The largest absolute Gasteiger partial charge is 0.497 e. The molecule has 2 rings (SSSR count). The summed E-state index contributed by atoms with van der Waals surface area (Å²) in [5.41, 5.74) is 6.52. The summed E-state index contributed by atoms with van der Waals surface area (Å²) in [6.07, 6.45) is 3.69. The van der Waals surface area contributed by atoms with E-state index in [9.17, 15) is 0 Å². The van der Waals surface area contributed by atoms with Crippen molar-refractivity contribution >= 4 is 5.52 Å². The standard InChI is InChI=1S/C9H11N3O/c1-13-8-2-3-12-7(4-8)6-11-9(12)5-10/h2-4,6H,5,10H2,1H3. The Morgan fingerprint density at radius 1 is 1.62 bits per heavy atom. The van der Waals surface area contributed by atoms with Crippen molar-refractivity contribution in [3.63, 3.8) is 0 Å². The molecule has 4 nitrogen and oxygen atoms in total. The fourth-order valence-corrected chi connectivity index (χ4v) is 1.31. The number of pyridine rings is 1. The van der Waals surface area contributed by atoms with Gasteiger partial charge in [0.15, 0.2) is 0 Å². The number of aromatic nitrogens is 2. The second kappa shape index (κ2) is 3.06. The number of rotatable bonds is 2. The highest BCUT2D eigenvalue weighted by molar-refractivity contribution is 5.50. The number of fused-ring (bicyclic) bond motifs is 1. The molecule has 4 heteroatoms. The summed E-state index contributed by atoms with van der Waals surface area (Å²) < 4.78 is 7.04. The fourth-order valence-electron chi connectivity index (χ4n) is 1.31. The molecule has 2 heterocycles. The van der Waals surface area contributed by atoms with Crippen LogP contribution in [-0.2, 0) is 6.54 Å². The Kier molecular flexibility index (Phi) is 1.90. The molecular formula is C9H11N3O. The van der Waals surface area contributed by atoms with Crippen molar-refractivity contribution in [3.05, 3.63) is 30.4 Å². The zero-order chi connectivity index (χ0) is 9.26.